The Labute approximate surface area is 126 Å². The molecule has 1 aromatic heterocycles. The highest BCUT2D eigenvalue weighted by molar-refractivity contribution is 7.13. The van der Waals surface area contributed by atoms with E-state index in [4.69, 9.17) is 5.26 Å². The van der Waals surface area contributed by atoms with Crippen molar-refractivity contribution in [3.05, 3.63) is 46.5 Å². The average molecular weight is 301 g/mol. The molecule has 0 aliphatic rings. The van der Waals surface area contributed by atoms with Gasteiger partial charge in [0.1, 0.15) is 5.41 Å². The van der Waals surface area contributed by atoms with E-state index in [1.807, 2.05) is 18.2 Å². The maximum atomic E-state index is 11.2. The number of aliphatic carboxylic acids is 1. The summed E-state index contributed by atoms with van der Waals surface area (Å²) in [6.45, 7) is 3.80. The predicted octanol–water partition coefficient (Wildman–Crippen LogP) is 2.99. The largest absolute Gasteiger partial charge is 0.481 e. The molecule has 0 bridgehead atoms. The van der Waals surface area contributed by atoms with Crippen LogP contribution in [0.25, 0.3) is 0 Å². The lowest BCUT2D eigenvalue weighted by atomic mass is 9.90. The molecule has 0 atom stereocenters. The van der Waals surface area contributed by atoms with E-state index < -0.39 is 11.4 Å². The zero-order chi connectivity index (χ0) is 15.5. The van der Waals surface area contributed by atoms with Crippen molar-refractivity contribution in [3.63, 3.8) is 0 Å². The number of aromatic nitrogens is 1. The standard InChI is InChI=1S/C15H15N3O2S/c1-15(2,13(19)20)12-9-21-14(18-12)17-8-11-5-3-4-10(6-11)7-16/h3-6,9H,8H2,1-2H3,(H,17,18)(H,19,20). The molecule has 0 aliphatic heterocycles. The third-order valence-corrected chi connectivity index (χ3v) is 3.98. The summed E-state index contributed by atoms with van der Waals surface area (Å²) in [5.41, 5.74) is 1.12. The number of carbonyl (C=O) groups is 1. The number of hydrogen-bond donors (Lipinski definition) is 2. The van der Waals surface area contributed by atoms with Gasteiger partial charge in [0, 0.05) is 11.9 Å². The summed E-state index contributed by atoms with van der Waals surface area (Å²) in [6, 6.07) is 9.40. The Morgan fingerprint density at radius 3 is 2.95 bits per heavy atom. The molecule has 0 fully saturated rings. The first-order valence-electron chi connectivity index (χ1n) is 6.36. The lowest BCUT2D eigenvalue weighted by Crippen LogP contribution is -2.28. The molecule has 2 aromatic rings. The Hall–Kier alpha value is -2.39. The second-order valence-corrected chi connectivity index (χ2v) is 5.99. The number of carboxylic acids is 1. The number of benzene rings is 1. The van der Waals surface area contributed by atoms with Crippen molar-refractivity contribution in [3.8, 4) is 6.07 Å². The molecule has 6 heteroatoms. The van der Waals surface area contributed by atoms with Gasteiger partial charge in [-0.3, -0.25) is 4.79 Å². The van der Waals surface area contributed by atoms with Gasteiger partial charge >= 0.3 is 5.97 Å². The first-order valence-corrected chi connectivity index (χ1v) is 7.24. The van der Waals surface area contributed by atoms with Crippen LogP contribution < -0.4 is 5.32 Å². The number of nitriles is 1. The second-order valence-electron chi connectivity index (χ2n) is 5.13. The van der Waals surface area contributed by atoms with E-state index in [1.54, 1.807) is 25.3 Å². The Morgan fingerprint density at radius 1 is 1.52 bits per heavy atom. The fourth-order valence-corrected chi connectivity index (χ4v) is 2.56. The third kappa shape index (κ3) is 3.38. The Bertz CT molecular complexity index is 701. The van der Waals surface area contributed by atoms with E-state index >= 15 is 0 Å². The zero-order valence-electron chi connectivity index (χ0n) is 11.8. The van der Waals surface area contributed by atoms with Crippen molar-refractivity contribution in [2.24, 2.45) is 0 Å². The SMILES string of the molecule is CC(C)(C(=O)O)c1csc(NCc2cccc(C#N)c2)n1. The van der Waals surface area contributed by atoms with Crippen LogP contribution in [0.3, 0.4) is 0 Å². The Balaban J connectivity index is 2.07. The minimum Gasteiger partial charge on any atom is -0.481 e. The summed E-state index contributed by atoms with van der Waals surface area (Å²) in [5, 5.41) is 23.6. The van der Waals surface area contributed by atoms with Gasteiger partial charge in [0.25, 0.3) is 0 Å². The molecule has 0 aliphatic carbocycles. The van der Waals surface area contributed by atoms with Crippen LogP contribution in [-0.4, -0.2) is 16.1 Å². The summed E-state index contributed by atoms with van der Waals surface area (Å²) in [5.74, 6) is -0.902. The summed E-state index contributed by atoms with van der Waals surface area (Å²) < 4.78 is 0. The van der Waals surface area contributed by atoms with Gasteiger partial charge in [-0.15, -0.1) is 11.3 Å². The maximum Gasteiger partial charge on any atom is 0.315 e. The lowest BCUT2D eigenvalue weighted by molar-refractivity contribution is -0.142. The molecule has 21 heavy (non-hydrogen) atoms. The van der Waals surface area contributed by atoms with E-state index in [0.29, 0.717) is 22.9 Å². The monoisotopic (exact) mass is 301 g/mol. The van der Waals surface area contributed by atoms with E-state index in [1.165, 1.54) is 11.3 Å². The number of rotatable bonds is 5. The van der Waals surface area contributed by atoms with E-state index in [-0.39, 0.29) is 0 Å². The molecule has 1 aromatic carbocycles. The number of nitrogens with one attached hydrogen (secondary N) is 1. The summed E-state index contributed by atoms with van der Waals surface area (Å²) in [6.07, 6.45) is 0. The molecule has 2 rings (SSSR count). The molecular formula is C15H15N3O2S. The molecule has 0 amide bonds. The van der Waals surface area contributed by atoms with Crippen LogP contribution in [0.15, 0.2) is 29.6 Å². The van der Waals surface area contributed by atoms with Crippen LogP contribution >= 0.6 is 11.3 Å². The molecule has 0 saturated heterocycles. The quantitative estimate of drug-likeness (QED) is 0.886. The van der Waals surface area contributed by atoms with E-state index in [0.717, 1.165) is 5.56 Å². The molecule has 1 heterocycles. The predicted molar refractivity (Wildman–Crippen MR) is 81.3 cm³/mol. The van der Waals surface area contributed by atoms with Crippen LogP contribution in [0.2, 0.25) is 0 Å². The second kappa shape index (κ2) is 5.94. The van der Waals surface area contributed by atoms with Crippen molar-refractivity contribution in [2.75, 3.05) is 5.32 Å². The smallest absolute Gasteiger partial charge is 0.315 e. The van der Waals surface area contributed by atoms with Crippen LogP contribution in [0.5, 0.6) is 0 Å². The lowest BCUT2D eigenvalue weighted by Gasteiger charge is -2.15. The fraction of sp³-hybridized carbons (Fsp3) is 0.267. The highest BCUT2D eigenvalue weighted by atomic mass is 32.1. The van der Waals surface area contributed by atoms with Gasteiger partial charge in [0.2, 0.25) is 0 Å². The normalized spacial score (nSPS) is 10.9. The maximum absolute atomic E-state index is 11.2. The van der Waals surface area contributed by atoms with Gasteiger partial charge in [-0.05, 0) is 31.5 Å². The molecule has 5 nitrogen and oxygen atoms in total. The molecule has 0 radical (unpaired) electrons. The minimum absolute atomic E-state index is 0.535. The summed E-state index contributed by atoms with van der Waals surface area (Å²) >= 11 is 1.37. The summed E-state index contributed by atoms with van der Waals surface area (Å²) in [4.78, 5) is 15.5. The Morgan fingerprint density at radius 2 is 2.29 bits per heavy atom. The van der Waals surface area contributed by atoms with Gasteiger partial charge in [-0.25, -0.2) is 4.98 Å². The molecule has 108 valence electrons. The number of nitrogens with zero attached hydrogens (tertiary/aromatic N) is 2. The van der Waals surface area contributed by atoms with Crippen LogP contribution in [-0.2, 0) is 16.8 Å². The number of thiazole rings is 1. The third-order valence-electron chi connectivity index (χ3n) is 3.18. The molecule has 0 unspecified atom stereocenters. The van der Waals surface area contributed by atoms with Crippen molar-refractivity contribution in [2.45, 2.75) is 25.8 Å². The molecule has 2 N–H and O–H groups in total. The van der Waals surface area contributed by atoms with Gasteiger partial charge in [-0.1, -0.05) is 12.1 Å². The van der Waals surface area contributed by atoms with Crippen molar-refractivity contribution >= 4 is 22.4 Å². The number of carboxylic acid groups (broad SMARTS) is 1. The topological polar surface area (TPSA) is 86.0 Å². The van der Waals surface area contributed by atoms with Crippen molar-refractivity contribution in [1.29, 1.82) is 5.26 Å². The Kier molecular flexibility index (Phi) is 4.24. The van der Waals surface area contributed by atoms with Crippen LogP contribution in [0.1, 0.15) is 30.7 Å². The van der Waals surface area contributed by atoms with E-state index in [9.17, 15) is 9.90 Å². The average Bonchev–Trinajstić information content (AvgIpc) is 2.94. The first kappa shape index (κ1) is 15.0. The fourth-order valence-electron chi connectivity index (χ4n) is 1.68. The van der Waals surface area contributed by atoms with Crippen molar-refractivity contribution in [1.82, 2.24) is 4.98 Å². The van der Waals surface area contributed by atoms with Gasteiger partial charge < -0.3 is 10.4 Å². The van der Waals surface area contributed by atoms with Gasteiger partial charge in [-0.2, -0.15) is 5.26 Å². The molecular weight excluding hydrogens is 286 g/mol. The number of hydrogen-bond acceptors (Lipinski definition) is 5. The van der Waals surface area contributed by atoms with Gasteiger partial charge in [0.05, 0.1) is 17.3 Å². The van der Waals surface area contributed by atoms with Gasteiger partial charge in [0.15, 0.2) is 5.13 Å². The highest BCUT2D eigenvalue weighted by Gasteiger charge is 2.32. The molecule has 0 spiro atoms. The molecule has 0 saturated carbocycles. The number of anilines is 1. The van der Waals surface area contributed by atoms with Crippen LogP contribution in [0.4, 0.5) is 5.13 Å². The first-order chi connectivity index (χ1) is 9.93. The highest BCUT2D eigenvalue weighted by Crippen LogP contribution is 2.27. The van der Waals surface area contributed by atoms with E-state index in [2.05, 4.69) is 16.4 Å². The van der Waals surface area contributed by atoms with Crippen molar-refractivity contribution < 1.29 is 9.90 Å². The van der Waals surface area contributed by atoms with Crippen LogP contribution in [0, 0.1) is 11.3 Å². The zero-order valence-corrected chi connectivity index (χ0v) is 12.6. The summed E-state index contributed by atoms with van der Waals surface area (Å²) in [7, 11) is 0. The minimum atomic E-state index is -1.00.